The van der Waals surface area contributed by atoms with Crippen molar-refractivity contribution in [3.63, 3.8) is 0 Å². The number of halogens is 1. The molecule has 1 aliphatic carbocycles. The molecular formula is C23H23ClO5S. The molecule has 2 unspecified atom stereocenters. The molecule has 2 atom stereocenters. The highest BCUT2D eigenvalue weighted by molar-refractivity contribution is 8.04. The van der Waals surface area contributed by atoms with E-state index in [1.165, 1.54) is 32.0 Å². The number of allylic oxidation sites excluding steroid dienone is 2. The zero-order valence-electron chi connectivity index (χ0n) is 17.2. The highest BCUT2D eigenvalue weighted by atomic mass is 35.5. The van der Waals surface area contributed by atoms with E-state index in [0.29, 0.717) is 4.91 Å². The van der Waals surface area contributed by atoms with E-state index in [4.69, 9.17) is 21.1 Å². The Balaban J connectivity index is 2.09. The van der Waals surface area contributed by atoms with Crippen LogP contribution in [-0.4, -0.2) is 30.9 Å². The summed E-state index contributed by atoms with van der Waals surface area (Å²) in [4.78, 5) is 27.8. The summed E-state index contributed by atoms with van der Waals surface area (Å²) >= 11 is 7.53. The molecule has 0 aromatic heterocycles. The Bertz CT molecular complexity index is 1020. The largest absolute Gasteiger partial charge is 0.505 e. The first-order valence-electron chi connectivity index (χ1n) is 9.40. The van der Waals surface area contributed by atoms with Gasteiger partial charge in [0.15, 0.2) is 17.3 Å². The van der Waals surface area contributed by atoms with Gasteiger partial charge in [-0.15, -0.1) is 0 Å². The van der Waals surface area contributed by atoms with E-state index in [0.717, 1.165) is 4.90 Å². The number of hydrogen-bond acceptors (Lipinski definition) is 6. The lowest BCUT2D eigenvalue weighted by Crippen LogP contribution is -2.38. The number of phenolic OH excluding ortho intramolecular Hbond substituents is 1. The predicted molar refractivity (Wildman–Crippen MR) is 118 cm³/mol. The van der Waals surface area contributed by atoms with E-state index in [9.17, 15) is 14.7 Å². The number of methoxy groups -OCH3 is 2. The summed E-state index contributed by atoms with van der Waals surface area (Å²) in [5.41, 5.74) is -1.06. The Morgan fingerprint density at radius 3 is 2.43 bits per heavy atom. The van der Waals surface area contributed by atoms with Gasteiger partial charge in [-0.05, 0) is 25.0 Å². The van der Waals surface area contributed by atoms with E-state index in [1.807, 2.05) is 37.3 Å². The molecule has 3 rings (SSSR count). The maximum atomic E-state index is 13.7. The lowest BCUT2D eigenvalue weighted by molar-refractivity contribution is -0.116. The fourth-order valence-corrected chi connectivity index (χ4v) is 4.75. The van der Waals surface area contributed by atoms with E-state index in [1.54, 1.807) is 13.0 Å². The second kappa shape index (κ2) is 8.74. The number of ether oxygens (including phenoxy) is 2. The van der Waals surface area contributed by atoms with Crippen molar-refractivity contribution in [3.05, 3.63) is 58.0 Å². The van der Waals surface area contributed by atoms with Crippen LogP contribution in [0.4, 0.5) is 0 Å². The van der Waals surface area contributed by atoms with Crippen LogP contribution in [-0.2, 0) is 4.79 Å². The Kier molecular flexibility index (Phi) is 6.48. The fourth-order valence-electron chi connectivity index (χ4n) is 3.47. The van der Waals surface area contributed by atoms with Gasteiger partial charge in [0, 0.05) is 17.4 Å². The minimum absolute atomic E-state index is 0.00872. The summed E-state index contributed by atoms with van der Waals surface area (Å²) in [5, 5.41) is 10.6. The molecular weight excluding hydrogens is 424 g/mol. The van der Waals surface area contributed by atoms with Gasteiger partial charge in [-0.1, -0.05) is 54.6 Å². The van der Waals surface area contributed by atoms with Crippen LogP contribution in [0.1, 0.15) is 30.6 Å². The van der Waals surface area contributed by atoms with Crippen molar-refractivity contribution < 1.29 is 24.2 Å². The number of benzene rings is 2. The molecule has 0 amide bonds. The number of thioether (sulfide) groups is 1. The van der Waals surface area contributed by atoms with Crippen molar-refractivity contribution in [1.82, 2.24) is 0 Å². The van der Waals surface area contributed by atoms with Gasteiger partial charge in [0.25, 0.3) is 0 Å². The van der Waals surface area contributed by atoms with Gasteiger partial charge < -0.3 is 14.6 Å². The molecule has 1 aliphatic rings. The molecule has 30 heavy (non-hydrogen) atoms. The molecule has 7 heteroatoms. The van der Waals surface area contributed by atoms with Crippen molar-refractivity contribution in [1.29, 1.82) is 0 Å². The standard InChI is InChI=1S/C23H23ClO5S/c1-13-10-15(25)18(30-14-8-6-5-7-9-14)12-23(13,2)22(27)19-16(28-3)11-17(29-4)20(24)21(19)26/h5-9,11-13,26H,10H2,1-4H3. The summed E-state index contributed by atoms with van der Waals surface area (Å²) < 4.78 is 10.5. The lowest BCUT2D eigenvalue weighted by Gasteiger charge is -2.36. The van der Waals surface area contributed by atoms with Gasteiger partial charge in [-0.25, -0.2) is 0 Å². The average Bonchev–Trinajstić information content (AvgIpc) is 2.74. The Hall–Kier alpha value is -2.44. The minimum atomic E-state index is -1.03. The topological polar surface area (TPSA) is 72.8 Å². The van der Waals surface area contributed by atoms with Crippen molar-refractivity contribution in [2.24, 2.45) is 11.3 Å². The van der Waals surface area contributed by atoms with Gasteiger partial charge >= 0.3 is 0 Å². The third-order valence-electron chi connectivity index (χ3n) is 5.52. The summed E-state index contributed by atoms with van der Waals surface area (Å²) in [6, 6.07) is 11.0. The molecule has 0 saturated carbocycles. The number of carbonyl (C=O) groups excluding carboxylic acids is 2. The van der Waals surface area contributed by atoms with Crippen LogP contribution >= 0.6 is 23.4 Å². The fraction of sp³-hybridized carbons (Fsp3) is 0.304. The Morgan fingerprint density at radius 1 is 1.20 bits per heavy atom. The summed E-state index contributed by atoms with van der Waals surface area (Å²) in [6.07, 6.45) is 1.93. The third kappa shape index (κ3) is 3.94. The van der Waals surface area contributed by atoms with Gasteiger partial charge in [0.2, 0.25) is 0 Å². The highest BCUT2D eigenvalue weighted by Gasteiger charge is 2.45. The number of hydrogen-bond donors (Lipinski definition) is 1. The Morgan fingerprint density at radius 2 is 1.83 bits per heavy atom. The first kappa shape index (κ1) is 22.2. The van der Waals surface area contributed by atoms with Crippen LogP contribution in [0.25, 0.3) is 0 Å². The molecule has 0 heterocycles. The molecule has 0 bridgehead atoms. The second-order valence-corrected chi connectivity index (χ2v) is 8.88. The van der Waals surface area contributed by atoms with E-state index >= 15 is 0 Å². The van der Waals surface area contributed by atoms with Gasteiger partial charge in [0.05, 0.1) is 24.5 Å². The smallest absolute Gasteiger partial charge is 0.180 e. The van der Waals surface area contributed by atoms with Crippen LogP contribution in [0.5, 0.6) is 17.2 Å². The predicted octanol–water partition coefficient (Wildman–Crippen LogP) is 5.54. The van der Waals surface area contributed by atoms with Crippen molar-refractivity contribution in [3.8, 4) is 17.2 Å². The number of aromatic hydroxyl groups is 1. The molecule has 0 saturated heterocycles. The first-order valence-corrected chi connectivity index (χ1v) is 10.6. The van der Waals surface area contributed by atoms with Crippen LogP contribution in [0.2, 0.25) is 5.02 Å². The number of carbonyl (C=O) groups is 2. The molecule has 5 nitrogen and oxygen atoms in total. The molecule has 0 aliphatic heterocycles. The zero-order chi connectivity index (χ0) is 22.1. The second-order valence-electron chi connectivity index (χ2n) is 7.38. The van der Waals surface area contributed by atoms with E-state index in [-0.39, 0.29) is 46.0 Å². The lowest BCUT2D eigenvalue weighted by atomic mass is 9.67. The Labute approximate surface area is 185 Å². The molecule has 0 fully saturated rings. The van der Waals surface area contributed by atoms with Crippen molar-refractivity contribution >= 4 is 34.9 Å². The minimum Gasteiger partial charge on any atom is -0.505 e. The molecule has 158 valence electrons. The maximum absolute atomic E-state index is 13.7. The zero-order valence-corrected chi connectivity index (χ0v) is 18.8. The molecule has 0 radical (unpaired) electrons. The van der Waals surface area contributed by atoms with Crippen molar-refractivity contribution in [2.45, 2.75) is 25.2 Å². The van der Waals surface area contributed by atoms with Gasteiger partial charge in [-0.3, -0.25) is 9.59 Å². The average molecular weight is 447 g/mol. The SMILES string of the molecule is COc1cc(OC)c(C(=O)C2(C)C=C(Sc3ccccc3)C(=O)CC2C)c(O)c1Cl. The maximum Gasteiger partial charge on any atom is 0.180 e. The number of ketones is 2. The first-order chi connectivity index (χ1) is 14.2. The molecule has 2 aromatic carbocycles. The van der Waals surface area contributed by atoms with E-state index in [2.05, 4.69) is 0 Å². The monoisotopic (exact) mass is 446 g/mol. The summed E-state index contributed by atoms with van der Waals surface area (Å²) in [6.45, 7) is 3.62. The van der Waals surface area contributed by atoms with Gasteiger partial charge in [-0.2, -0.15) is 0 Å². The normalized spacial score (nSPS) is 21.2. The van der Waals surface area contributed by atoms with Crippen LogP contribution in [0.15, 0.2) is 52.3 Å². The summed E-state index contributed by atoms with van der Waals surface area (Å²) in [5.74, 6) is -0.681. The number of rotatable bonds is 6. The van der Waals surface area contributed by atoms with Crippen LogP contribution in [0.3, 0.4) is 0 Å². The summed E-state index contributed by atoms with van der Waals surface area (Å²) in [7, 11) is 2.81. The van der Waals surface area contributed by atoms with E-state index < -0.39 is 11.2 Å². The van der Waals surface area contributed by atoms with Gasteiger partial charge in [0.1, 0.15) is 22.1 Å². The third-order valence-corrected chi connectivity index (χ3v) is 6.96. The van der Waals surface area contributed by atoms with Crippen LogP contribution < -0.4 is 9.47 Å². The van der Waals surface area contributed by atoms with Crippen molar-refractivity contribution in [2.75, 3.05) is 14.2 Å². The molecule has 1 N–H and O–H groups in total. The molecule has 2 aromatic rings. The number of Topliss-reactive ketones (excluding diaryl/α,β-unsaturated/α-hetero) is 2. The highest BCUT2D eigenvalue weighted by Crippen LogP contribution is 2.49. The number of phenols is 1. The molecule has 0 spiro atoms. The van der Waals surface area contributed by atoms with Crippen LogP contribution in [0, 0.1) is 11.3 Å². The quantitative estimate of drug-likeness (QED) is 0.587.